The van der Waals surface area contributed by atoms with Gasteiger partial charge in [-0.25, -0.2) is 4.79 Å². The maximum absolute atomic E-state index is 10.4. The van der Waals surface area contributed by atoms with Gasteiger partial charge in [0.25, 0.3) is 0 Å². The van der Waals surface area contributed by atoms with Crippen molar-refractivity contribution in [3.63, 3.8) is 0 Å². The van der Waals surface area contributed by atoms with Crippen LogP contribution in [0, 0.1) is 0 Å². The molecule has 0 spiro atoms. The van der Waals surface area contributed by atoms with E-state index in [1.165, 1.54) is 11.1 Å². The molecule has 3 rings (SSSR count). The minimum absolute atomic E-state index is 0.247. The molecule has 1 aliphatic heterocycles. The monoisotopic (exact) mass is 380 g/mol. The van der Waals surface area contributed by atoms with Gasteiger partial charge in [0.2, 0.25) is 0 Å². The summed E-state index contributed by atoms with van der Waals surface area (Å²) in [5.74, 6) is -0.934. The Balaban J connectivity index is 1.54. The smallest absolute Gasteiger partial charge is 0.329 e. The maximum atomic E-state index is 10.4. The Bertz CT molecular complexity index is 701. The fourth-order valence-corrected chi connectivity index (χ4v) is 3.59. The third kappa shape index (κ3) is 6.02. The minimum Gasteiger partial charge on any atom is -0.480 e. The number of rotatable bonds is 9. The molecule has 0 atom stereocenters. The van der Waals surface area contributed by atoms with Crippen LogP contribution in [0.25, 0.3) is 0 Å². The number of hydrogen-bond donors (Lipinski definition) is 1. The Labute approximate surface area is 166 Å². The zero-order valence-electron chi connectivity index (χ0n) is 16.1. The van der Waals surface area contributed by atoms with E-state index >= 15 is 0 Å². The van der Waals surface area contributed by atoms with Crippen LogP contribution in [-0.4, -0.2) is 66.8 Å². The first-order valence-electron chi connectivity index (χ1n) is 9.75. The summed E-state index contributed by atoms with van der Waals surface area (Å²) in [6, 6.07) is 21.7. The van der Waals surface area contributed by atoms with Gasteiger partial charge in [-0.2, -0.15) is 0 Å². The lowest BCUT2D eigenvalue weighted by Gasteiger charge is -2.39. The summed E-state index contributed by atoms with van der Waals surface area (Å²) in [5.41, 5.74) is 2.66. The number of piperazine rings is 1. The minimum atomic E-state index is -0.934. The van der Waals surface area contributed by atoms with E-state index in [0.29, 0.717) is 6.61 Å². The van der Waals surface area contributed by atoms with Gasteiger partial charge in [-0.15, -0.1) is 0 Å². The average molecular weight is 380 g/mol. The first kappa shape index (κ1) is 20.3. The van der Waals surface area contributed by atoms with Crippen molar-refractivity contribution < 1.29 is 14.6 Å². The fraction of sp³-hybridized carbons (Fsp3) is 0.348. The summed E-state index contributed by atoms with van der Waals surface area (Å²) in [5, 5.41) is 8.55. The van der Waals surface area contributed by atoms with Crippen LogP contribution < -0.4 is 0 Å². The molecule has 0 aliphatic carbocycles. The second-order valence-electron chi connectivity index (χ2n) is 6.94. The molecular weight excluding hydrogens is 352 g/mol. The molecule has 0 aromatic heterocycles. The van der Waals surface area contributed by atoms with Gasteiger partial charge in [0, 0.05) is 32.7 Å². The number of carboxylic acids is 1. The zero-order chi connectivity index (χ0) is 19.6. The number of benzene rings is 2. The van der Waals surface area contributed by atoms with Crippen LogP contribution in [-0.2, 0) is 9.53 Å². The second-order valence-corrected chi connectivity index (χ2v) is 6.94. The van der Waals surface area contributed by atoms with Crippen molar-refractivity contribution in [3.8, 4) is 0 Å². The lowest BCUT2D eigenvalue weighted by atomic mass is 9.96. The lowest BCUT2D eigenvalue weighted by Crippen LogP contribution is -2.47. The van der Waals surface area contributed by atoms with Crippen LogP contribution >= 0.6 is 0 Å². The Morgan fingerprint density at radius 3 is 2.04 bits per heavy atom. The second kappa shape index (κ2) is 10.8. The van der Waals surface area contributed by atoms with Crippen molar-refractivity contribution in [2.24, 2.45) is 0 Å². The van der Waals surface area contributed by atoms with Crippen LogP contribution in [0.15, 0.2) is 72.8 Å². The molecule has 1 heterocycles. The predicted molar refractivity (Wildman–Crippen MR) is 110 cm³/mol. The zero-order valence-corrected chi connectivity index (χ0v) is 16.1. The van der Waals surface area contributed by atoms with E-state index in [1.807, 2.05) is 6.08 Å². The molecule has 0 saturated carbocycles. The van der Waals surface area contributed by atoms with Gasteiger partial charge in [-0.3, -0.25) is 9.80 Å². The van der Waals surface area contributed by atoms with Crippen LogP contribution in [0.3, 0.4) is 0 Å². The molecule has 0 unspecified atom stereocenters. The predicted octanol–water partition coefficient (Wildman–Crippen LogP) is 3.05. The molecule has 0 bridgehead atoms. The Kier molecular flexibility index (Phi) is 7.79. The van der Waals surface area contributed by atoms with Crippen LogP contribution in [0.4, 0.5) is 0 Å². The molecule has 1 saturated heterocycles. The SMILES string of the molecule is O=C(O)COCC=CCN1CCN(C(c2ccccc2)c2ccccc2)CC1. The number of aliphatic carboxylic acids is 1. The quantitative estimate of drug-likeness (QED) is 0.535. The van der Waals surface area contributed by atoms with Gasteiger partial charge in [-0.1, -0.05) is 72.8 Å². The molecule has 0 radical (unpaired) electrons. The lowest BCUT2D eigenvalue weighted by molar-refractivity contribution is -0.141. The van der Waals surface area contributed by atoms with Crippen molar-refractivity contribution in [2.45, 2.75) is 6.04 Å². The Morgan fingerprint density at radius 1 is 0.929 bits per heavy atom. The largest absolute Gasteiger partial charge is 0.480 e. The molecule has 5 heteroatoms. The van der Waals surface area contributed by atoms with Crippen molar-refractivity contribution in [2.75, 3.05) is 45.9 Å². The highest BCUT2D eigenvalue weighted by molar-refractivity contribution is 5.68. The maximum Gasteiger partial charge on any atom is 0.329 e. The molecule has 1 N–H and O–H groups in total. The summed E-state index contributed by atoms with van der Waals surface area (Å²) in [7, 11) is 0. The van der Waals surface area contributed by atoms with E-state index in [2.05, 4.69) is 76.5 Å². The Morgan fingerprint density at radius 2 is 1.50 bits per heavy atom. The fourth-order valence-electron chi connectivity index (χ4n) is 3.59. The molecule has 5 nitrogen and oxygen atoms in total. The summed E-state index contributed by atoms with van der Waals surface area (Å²) in [4.78, 5) is 15.4. The van der Waals surface area contributed by atoms with Crippen molar-refractivity contribution in [1.29, 1.82) is 0 Å². The summed E-state index contributed by atoms with van der Waals surface area (Å²) in [6.07, 6.45) is 3.95. The molecule has 0 amide bonds. The van der Waals surface area contributed by atoms with Crippen molar-refractivity contribution in [3.05, 3.63) is 83.9 Å². The van der Waals surface area contributed by atoms with Gasteiger partial charge in [0.05, 0.1) is 12.6 Å². The molecule has 1 aliphatic rings. The van der Waals surface area contributed by atoms with Crippen molar-refractivity contribution >= 4 is 5.97 Å². The van der Waals surface area contributed by atoms with Crippen molar-refractivity contribution in [1.82, 2.24) is 9.80 Å². The standard InChI is InChI=1S/C23H28N2O3/c26-22(27)19-28-18-8-7-13-24-14-16-25(17-15-24)23(20-9-3-1-4-10-20)21-11-5-2-6-12-21/h1-12,23H,13-19H2,(H,26,27). The first-order chi connectivity index (χ1) is 13.7. The van der Waals surface area contributed by atoms with Gasteiger partial charge >= 0.3 is 5.97 Å². The first-order valence-corrected chi connectivity index (χ1v) is 9.75. The third-order valence-electron chi connectivity index (χ3n) is 4.97. The number of hydrogen-bond acceptors (Lipinski definition) is 4. The van der Waals surface area contributed by atoms with Gasteiger partial charge < -0.3 is 9.84 Å². The molecule has 28 heavy (non-hydrogen) atoms. The molecule has 148 valence electrons. The third-order valence-corrected chi connectivity index (χ3v) is 4.97. The molecule has 1 fully saturated rings. The van der Waals surface area contributed by atoms with Gasteiger partial charge in [0.15, 0.2) is 0 Å². The van der Waals surface area contributed by atoms with Crippen LogP contribution in [0.5, 0.6) is 0 Å². The van der Waals surface area contributed by atoms with Gasteiger partial charge in [-0.05, 0) is 11.1 Å². The van der Waals surface area contributed by atoms with E-state index in [0.717, 1.165) is 32.7 Å². The van der Waals surface area contributed by atoms with E-state index in [1.54, 1.807) is 0 Å². The summed E-state index contributed by atoms with van der Waals surface area (Å²) >= 11 is 0. The van der Waals surface area contributed by atoms with E-state index in [9.17, 15) is 4.79 Å². The number of ether oxygens (including phenoxy) is 1. The highest BCUT2D eigenvalue weighted by atomic mass is 16.5. The molecular formula is C23H28N2O3. The van der Waals surface area contributed by atoms with E-state index in [-0.39, 0.29) is 12.6 Å². The summed E-state index contributed by atoms with van der Waals surface area (Å²) < 4.78 is 5.02. The van der Waals surface area contributed by atoms with Crippen LogP contribution in [0.1, 0.15) is 17.2 Å². The number of nitrogens with zero attached hydrogens (tertiary/aromatic N) is 2. The Hall–Kier alpha value is -2.47. The van der Waals surface area contributed by atoms with Crippen LogP contribution in [0.2, 0.25) is 0 Å². The summed E-state index contributed by atoms with van der Waals surface area (Å²) in [6.45, 7) is 5.01. The highest BCUT2D eigenvalue weighted by Gasteiger charge is 2.25. The normalized spacial score (nSPS) is 16.0. The average Bonchev–Trinajstić information content (AvgIpc) is 2.73. The van der Waals surface area contributed by atoms with E-state index in [4.69, 9.17) is 9.84 Å². The molecule has 2 aromatic rings. The number of carbonyl (C=O) groups is 1. The number of carboxylic acid groups (broad SMARTS) is 1. The highest BCUT2D eigenvalue weighted by Crippen LogP contribution is 2.29. The van der Waals surface area contributed by atoms with E-state index < -0.39 is 5.97 Å². The molecule has 2 aromatic carbocycles. The van der Waals surface area contributed by atoms with Gasteiger partial charge in [0.1, 0.15) is 6.61 Å². The topological polar surface area (TPSA) is 53.0 Å².